The molecule has 4 aromatic rings. The molecule has 0 aliphatic carbocycles. The summed E-state index contributed by atoms with van der Waals surface area (Å²) in [5.41, 5.74) is 2.99. The first-order chi connectivity index (χ1) is 16.7. The van der Waals surface area contributed by atoms with Gasteiger partial charge in [0.25, 0.3) is 5.91 Å². The summed E-state index contributed by atoms with van der Waals surface area (Å²) in [5.74, 6) is 1.59. The van der Waals surface area contributed by atoms with E-state index < -0.39 is 0 Å². The van der Waals surface area contributed by atoms with Gasteiger partial charge in [0, 0.05) is 43.5 Å². The number of benzene rings is 2. The Bertz CT molecular complexity index is 1270. The van der Waals surface area contributed by atoms with Crippen LogP contribution in [0, 0.1) is 0 Å². The highest BCUT2D eigenvalue weighted by atomic mass is 16.5. The van der Waals surface area contributed by atoms with E-state index in [1.807, 2.05) is 30.3 Å². The molecular weight excluding hydrogens is 430 g/mol. The summed E-state index contributed by atoms with van der Waals surface area (Å²) in [4.78, 5) is 26.0. The van der Waals surface area contributed by atoms with Gasteiger partial charge in [0.15, 0.2) is 0 Å². The van der Waals surface area contributed by atoms with Gasteiger partial charge in [0.05, 0.1) is 12.8 Å². The third kappa shape index (κ3) is 4.54. The Labute approximate surface area is 197 Å². The van der Waals surface area contributed by atoms with Crippen molar-refractivity contribution in [2.45, 2.75) is 0 Å². The zero-order valence-electron chi connectivity index (χ0n) is 18.8. The Kier molecular flexibility index (Phi) is 6.07. The molecule has 0 atom stereocenters. The highest BCUT2D eigenvalue weighted by Crippen LogP contribution is 2.28. The second-order valence-electron chi connectivity index (χ2n) is 7.89. The van der Waals surface area contributed by atoms with Gasteiger partial charge in [-0.15, -0.1) is 0 Å². The van der Waals surface area contributed by atoms with Crippen LogP contribution in [0.5, 0.6) is 5.75 Å². The number of amides is 1. The van der Waals surface area contributed by atoms with Gasteiger partial charge in [-0.2, -0.15) is 5.10 Å². The molecule has 1 fully saturated rings. The van der Waals surface area contributed by atoms with Gasteiger partial charge in [-0.05, 0) is 30.3 Å². The van der Waals surface area contributed by atoms with Crippen LogP contribution >= 0.6 is 0 Å². The van der Waals surface area contributed by atoms with Crippen LogP contribution in [-0.4, -0.2) is 59.4 Å². The van der Waals surface area contributed by atoms with Crippen LogP contribution in [0.15, 0.2) is 73.1 Å². The number of aromatic amines is 1. The Morgan fingerprint density at radius 2 is 1.68 bits per heavy atom. The van der Waals surface area contributed by atoms with Gasteiger partial charge >= 0.3 is 0 Å². The molecule has 0 unspecified atom stereocenters. The predicted octanol–water partition coefficient (Wildman–Crippen LogP) is 3.45. The molecule has 0 radical (unpaired) electrons. The summed E-state index contributed by atoms with van der Waals surface area (Å²) in [6.07, 6.45) is 1.47. The molecule has 2 aromatic heterocycles. The first-order valence-corrected chi connectivity index (χ1v) is 11.1. The molecule has 1 amide bonds. The molecule has 9 nitrogen and oxygen atoms in total. The number of anilines is 3. The summed E-state index contributed by atoms with van der Waals surface area (Å²) in [6.45, 7) is 3.47. The van der Waals surface area contributed by atoms with E-state index in [2.05, 4.69) is 59.5 Å². The smallest absolute Gasteiger partial charge is 0.274 e. The third-order valence-corrected chi connectivity index (χ3v) is 5.82. The van der Waals surface area contributed by atoms with E-state index in [1.165, 1.54) is 12.0 Å². The van der Waals surface area contributed by atoms with Gasteiger partial charge in [0.1, 0.15) is 29.4 Å². The molecule has 1 aliphatic rings. The number of ether oxygens (including phenoxy) is 1. The van der Waals surface area contributed by atoms with E-state index >= 15 is 0 Å². The number of hydrogen-bond donors (Lipinski definition) is 2. The van der Waals surface area contributed by atoms with Crippen LogP contribution in [0.4, 0.5) is 17.3 Å². The summed E-state index contributed by atoms with van der Waals surface area (Å²) >= 11 is 0. The van der Waals surface area contributed by atoms with Gasteiger partial charge in [-0.3, -0.25) is 9.89 Å². The van der Waals surface area contributed by atoms with Gasteiger partial charge in [0.2, 0.25) is 0 Å². The maximum atomic E-state index is 12.8. The van der Waals surface area contributed by atoms with Crippen LogP contribution < -0.4 is 19.9 Å². The van der Waals surface area contributed by atoms with Crippen LogP contribution in [0.3, 0.4) is 0 Å². The highest BCUT2D eigenvalue weighted by Gasteiger charge is 2.19. The summed E-state index contributed by atoms with van der Waals surface area (Å²) in [5, 5.41) is 9.90. The third-order valence-electron chi connectivity index (χ3n) is 5.82. The molecule has 1 saturated heterocycles. The molecule has 34 heavy (non-hydrogen) atoms. The maximum absolute atomic E-state index is 12.8. The van der Waals surface area contributed by atoms with Crippen molar-refractivity contribution < 1.29 is 9.53 Å². The first-order valence-electron chi connectivity index (χ1n) is 11.1. The first kappa shape index (κ1) is 21.4. The number of rotatable bonds is 6. The minimum atomic E-state index is -0.327. The molecule has 0 spiro atoms. The number of para-hydroxylation sites is 2. The molecule has 2 aromatic carbocycles. The number of aromatic nitrogens is 4. The van der Waals surface area contributed by atoms with Crippen molar-refractivity contribution in [1.82, 2.24) is 20.2 Å². The molecule has 2 N–H and O–H groups in total. The highest BCUT2D eigenvalue weighted by molar-refractivity contribution is 6.03. The number of carbonyl (C=O) groups is 1. The molecule has 0 bridgehead atoms. The van der Waals surface area contributed by atoms with E-state index in [0.29, 0.717) is 23.0 Å². The fourth-order valence-electron chi connectivity index (χ4n) is 4.04. The largest absolute Gasteiger partial charge is 0.496 e. The fourth-order valence-corrected chi connectivity index (χ4v) is 4.04. The van der Waals surface area contributed by atoms with Crippen molar-refractivity contribution in [3.63, 3.8) is 0 Å². The van der Waals surface area contributed by atoms with Crippen molar-refractivity contribution in [1.29, 1.82) is 0 Å². The normalized spacial score (nSPS) is 13.6. The van der Waals surface area contributed by atoms with Gasteiger partial charge in [-0.1, -0.05) is 30.3 Å². The van der Waals surface area contributed by atoms with Gasteiger partial charge < -0.3 is 19.9 Å². The van der Waals surface area contributed by atoms with Crippen LogP contribution in [-0.2, 0) is 0 Å². The van der Waals surface area contributed by atoms with E-state index in [9.17, 15) is 4.79 Å². The van der Waals surface area contributed by atoms with Crippen molar-refractivity contribution >= 4 is 23.2 Å². The van der Waals surface area contributed by atoms with Crippen molar-refractivity contribution in [3.8, 4) is 17.0 Å². The molecular formula is C25H25N7O2. The SMILES string of the molecule is COc1ccccc1-c1cc(C(=O)Nc2cc(N3CCN(c4ccccc4)CC3)ncn2)[nH]n1. The zero-order valence-corrected chi connectivity index (χ0v) is 18.8. The summed E-state index contributed by atoms with van der Waals surface area (Å²) < 4.78 is 5.39. The second kappa shape index (κ2) is 9.62. The van der Waals surface area contributed by atoms with Crippen LogP contribution in [0.2, 0.25) is 0 Å². The zero-order chi connectivity index (χ0) is 23.3. The number of H-pyrrole nitrogens is 1. The number of carbonyl (C=O) groups excluding carboxylic acids is 1. The number of methoxy groups -OCH3 is 1. The lowest BCUT2D eigenvalue weighted by Crippen LogP contribution is -2.46. The van der Waals surface area contributed by atoms with E-state index in [4.69, 9.17) is 4.74 Å². The summed E-state index contributed by atoms with van der Waals surface area (Å²) in [7, 11) is 1.60. The Balaban J connectivity index is 1.24. The minimum Gasteiger partial charge on any atom is -0.496 e. The second-order valence-corrected chi connectivity index (χ2v) is 7.89. The average Bonchev–Trinajstić information content (AvgIpc) is 3.40. The molecule has 3 heterocycles. The Morgan fingerprint density at radius 1 is 0.941 bits per heavy atom. The molecule has 9 heteroatoms. The number of hydrogen-bond acceptors (Lipinski definition) is 7. The van der Waals surface area contributed by atoms with Crippen molar-refractivity contribution in [3.05, 3.63) is 78.8 Å². The van der Waals surface area contributed by atoms with Crippen LogP contribution in [0.25, 0.3) is 11.3 Å². The number of nitrogens with zero attached hydrogens (tertiary/aromatic N) is 5. The molecule has 172 valence electrons. The monoisotopic (exact) mass is 455 g/mol. The maximum Gasteiger partial charge on any atom is 0.274 e. The van der Waals surface area contributed by atoms with E-state index in [-0.39, 0.29) is 5.91 Å². The van der Waals surface area contributed by atoms with Gasteiger partial charge in [-0.25, -0.2) is 9.97 Å². The Hall–Kier alpha value is -4.40. The predicted molar refractivity (Wildman–Crippen MR) is 131 cm³/mol. The van der Waals surface area contributed by atoms with Crippen LogP contribution in [0.1, 0.15) is 10.5 Å². The molecule has 0 saturated carbocycles. The fraction of sp³-hybridized carbons (Fsp3) is 0.200. The van der Waals surface area contributed by atoms with Crippen molar-refractivity contribution in [2.75, 3.05) is 48.4 Å². The minimum absolute atomic E-state index is 0.327. The lowest BCUT2D eigenvalue weighted by molar-refractivity contribution is 0.102. The standard InChI is InChI=1S/C25H25N7O2/c1-34-22-10-6-5-9-19(22)20-15-21(30-29-20)25(33)28-23-16-24(27-17-26-23)32-13-11-31(12-14-32)18-7-3-2-4-8-18/h2-10,15-17H,11-14H2,1H3,(H,29,30)(H,26,27,28,33). The lowest BCUT2D eigenvalue weighted by Gasteiger charge is -2.36. The molecule has 5 rings (SSSR count). The lowest BCUT2D eigenvalue weighted by atomic mass is 10.1. The number of nitrogens with one attached hydrogen (secondary N) is 2. The van der Waals surface area contributed by atoms with E-state index in [0.717, 1.165) is 37.6 Å². The average molecular weight is 456 g/mol. The quantitative estimate of drug-likeness (QED) is 0.459. The summed E-state index contributed by atoms with van der Waals surface area (Å²) in [6, 6.07) is 21.4. The number of piperazine rings is 1. The Morgan fingerprint density at radius 3 is 2.47 bits per heavy atom. The molecule has 1 aliphatic heterocycles. The van der Waals surface area contributed by atoms with E-state index in [1.54, 1.807) is 19.2 Å². The van der Waals surface area contributed by atoms with Crippen molar-refractivity contribution in [2.24, 2.45) is 0 Å². The topological polar surface area (TPSA) is 99.3 Å².